The Labute approximate surface area is 112 Å². The zero-order valence-electron chi connectivity index (χ0n) is 10.8. The van der Waals surface area contributed by atoms with Gasteiger partial charge in [-0.1, -0.05) is 0 Å². The predicted octanol–water partition coefficient (Wildman–Crippen LogP) is 1.59. The maximum absolute atomic E-state index is 12.9. The van der Waals surface area contributed by atoms with Gasteiger partial charge in [-0.15, -0.1) is 0 Å². The first-order chi connectivity index (χ1) is 9.25. The molecule has 3 heterocycles. The lowest BCUT2D eigenvalue weighted by atomic mass is 9.89. The highest BCUT2D eigenvalue weighted by Gasteiger charge is 2.38. The van der Waals surface area contributed by atoms with E-state index in [2.05, 4.69) is 9.88 Å². The molecular formula is C14H19FN2O2. The van der Waals surface area contributed by atoms with E-state index in [-0.39, 0.29) is 23.9 Å². The van der Waals surface area contributed by atoms with Crippen LogP contribution in [0.15, 0.2) is 18.3 Å². The maximum atomic E-state index is 12.9. The Kier molecular flexibility index (Phi) is 3.66. The SMILES string of the molecule is O[C@@H]1CCOC[C@H]1[C@@H]1CCCN1c1ccc(F)cn1. The lowest BCUT2D eigenvalue weighted by Gasteiger charge is -2.37. The monoisotopic (exact) mass is 266 g/mol. The van der Waals surface area contributed by atoms with E-state index in [0.29, 0.717) is 19.6 Å². The summed E-state index contributed by atoms with van der Waals surface area (Å²) in [6.45, 7) is 2.15. The maximum Gasteiger partial charge on any atom is 0.141 e. The summed E-state index contributed by atoms with van der Waals surface area (Å²) in [5.41, 5.74) is 0. The van der Waals surface area contributed by atoms with Crippen LogP contribution < -0.4 is 4.90 Å². The summed E-state index contributed by atoms with van der Waals surface area (Å²) < 4.78 is 18.4. The van der Waals surface area contributed by atoms with Crippen molar-refractivity contribution < 1.29 is 14.2 Å². The van der Waals surface area contributed by atoms with Gasteiger partial charge in [0.2, 0.25) is 0 Å². The first kappa shape index (κ1) is 12.8. The lowest BCUT2D eigenvalue weighted by molar-refractivity contribution is -0.0438. The summed E-state index contributed by atoms with van der Waals surface area (Å²) in [5, 5.41) is 10.2. The molecule has 0 unspecified atom stereocenters. The molecule has 19 heavy (non-hydrogen) atoms. The van der Waals surface area contributed by atoms with Gasteiger partial charge in [-0.2, -0.15) is 0 Å². The molecular weight excluding hydrogens is 247 g/mol. The molecule has 0 bridgehead atoms. The second-order valence-corrected chi connectivity index (χ2v) is 5.33. The van der Waals surface area contributed by atoms with Gasteiger partial charge in [-0.05, 0) is 31.4 Å². The van der Waals surface area contributed by atoms with Crippen molar-refractivity contribution in [2.24, 2.45) is 5.92 Å². The molecule has 1 aromatic rings. The van der Waals surface area contributed by atoms with Crippen LogP contribution in [0.2, 0.25) is 0 Å². The number of ether oxygens (including phenoxy) is 1. The zero-order valence-corrected chi connectivity index (χ0v) is 10.8. The van der Waals surface area contributed by atoms with Crippen LogP contribution in [0.1, 0.15) is 19.3 Å². The number of aliphatic hydroxyl groups is 1. The van der Waals surface area contributed by atoms with Crippen molar-refractivity contribution in [2.75, 3.05) is 24.7 Å². The summed E-state index contributed by atoms with van der Waals surface area (Å²) >= 11 is 0. The minimum absolute atomic E-state index is 0.128. The van der Waals surface area contributed by atoms with Gasteiger partial charge in [0.05, 0.1) is 18.9 Å². The number of aromatic nitrogens is 1. The fourth-order valence-electron chi connectivity index (χ4n) is 3.18. The van der Waals surface area contributed by atoms with Gasteiger partial charge in [0, 0.05) is 25.1 Å². The van der Waals surface area contributed by atoms with Crippen LogP contribution in [0.3, 0.4) is 0 Å². The van der Waals surface area contributed by atoms with Crippen LogP contribution in [0.5, 0.6) is 0 Å². The number of rotatable bonds is 2. The smallest absolute Gasteiger partial charge is 0.141 e. The molecule has 2 aliphatic heterocycles. The predicted molar refractivity (Wildman–Crippen MR) is 69.5 cm³/mol. The zero-order chi connectivity index (χ0) is 13.2. The minimum atomic E-state index is -0.319. The van der Waals surface area contributed by atoms with Gasteiger partial charge >= 0.3 is 0 Å². The van der Waals surface area contributed by atoms with Crippen LogP contribution in [-0.2, 0) is 4.74 Å². The molecule has 1 N–H and O–H groups in total. The third kappa shape index (κ3) is 2.58. The molecule has 3 atom stereocenters. The summed E-state index contributed by atoms with van der Waals surface area (Å²) in [7, 11) is 0. The molecule has 1 aromatic heterocycles. The van der Waals surface area contributed by atoms with Crippen LogP contribution in [-0.4, -0.2) is 42.0 Å². The first-order valence-corrected chi connectivity index (χ1v) is 6.90. The highest BCUT2D eigenvalue weighted by atomic mass is 19.1. The molecule has 2 fully saturated rings. The van der Waals surface area contributed by atoms with Crippen molar-refractivity contribution in [1.29, 1.82) is 0 Å². The Morgan fingerprint density at radius 3 is 3.00 bits per heavy atom. The molecule has 0 amide bonds. The fourth-order valence-corrected chi connectivity index (χ4v) is 3.18. The topological polar surface area (TPSA) is 45.6 Å². The average molecular weight is 266 g/mol. The molecule has 2 saturated heterocycles. The molecule has 0 aromatic carbocycles. The van der Waals surface area contributed by atoms with Crippen LogP contribution >= 0.6 is 0 Å². The van der Waals surface area contributed by atoms with E-state index in [0.717, 1.165) is 25.2 Å². The molecule has 104 valence electrons. The summed E-state index contributed by atoms with van der Waals surface area (Å²) in [4.78, 5) is 6.34. The van der Waals surface area contributed by atoms with Crippen LogP contribution in [0.4, 0.5) is 10.2 Å². The third-order valence-electron chi connectivity index (χ3n) is 4.16. The normalized spacial score (nSPS) is 31.7. The number of hydrogen-bond donors (Lipinski definition) is 1. The number of pyridine rings is 1. The van der Waals surface area contributed by atoms with Crippen LogP contribution in [0.25, 0.3) is 0 Å². The van der Waals surface area contributed by atoms with Crippen LogP contribution in [0, 0.1) is 11.7 Å². The number of halogens is 1. The third-order valence-corrected chi connectivity index (χ3v) is 4.16. The highest BCUT2D eigenvalue weighted by Crippen LogP contribution is 2.32. The highest BCUT2D eigenvalue weighted by molar-refractivity contribution is 5.41. The summed E-state index contributed by atoms with van der Waals surface area (Å²) in [5.74, 6) is 0.602. The first-order valence-electron chi connectivity index (χ1n) is 6.90. The standard InChI is InChI=1S/C14H19FN2O2/c15-10-3-4-14(16-8-10)17-6-1-2-12(17)11-9-19-7-5-13(11)18/h3-4,8,11-13,18H,1-2,5-7,9H2/t11-,12-,13+/m0/s1. The molecule has 3 rings (SSSR count). The van der Waals surface area contributed by atoms with Gasteiger partial charge in [-0.3, -0.25) is 0 Å². The summed E-state index contributed by atoms with van der Waals surface area (Å²) in [6, 6.07) is 3.39. The van der Waals surface area contributed by atoms with Gasteiger partial charge in [-0.25, -0.2) is 9.37 Å². The molecule has 2 aliphatic rings. The Balaban J connectivity index is 1.79. The molecule has 4 nitrogen and oxygen atoms in total. The van der Waals surface area contributed by atoms with Gasteiger partial charge < -0.3 is 14.7 Å². The number of anilines is 1. The summed E-state index contributed by atoms with van der Waals surface area (Å²) in [6.07, 6.45) is 3.75. The quantitative estimate of drug-likeness (QED) is 0.883. The largest absolute Gasteiger partial charge is 0.393 e. The second kappa shape index (κ2) is 5.43. The van der Waals surface area contributed by atoms with E-state index < -0.39 is 0 Å². The second-order valence-electron chi connectivity index (χ2n) is 5.33. The molecule has 0 spiro atoms. The lowest BCUT2D eigenvalue weighted by Crippen LogP contribution is -2.46. The van der Waals surface area contributed by atoms with Crippen molar-refractivity contribution in [3.63, 3.8) is 0 Å². The average Bonchev–Trinajstić information content (AvgIpc) is 2.89. The molecule has 0 saturated carbocycles. The van der Waals surface area contributed by atoms with E-state index >= 15 is 0 Å². The Hall–Kier alpha value is -1.20. The van der Waals surface area contributed by atoms with E-state index in [1.807, 2.05) is 0 Å². The van der Waals surface area contributed by atoms with Gasteiger partial charge in [0.15, 0.2) is 0 Å². The van der Waals surface area contributed by atoms with Crippen molar-refractivity contribution in [2.45, 2.75) is 31.4 Å². The Bertz CT molecular complexity index is 426. The van der Waals surface area contributed by atoms with Crippen molar-refractivity contribution >= 4 is 5.82 Å². The minimum Gasteiger partial charge on any atom is -0.393 e. The Morgan fingerprint density at radius 1 is 1.37 bits per heavy atom. The van der Waals surface area contributed by atoms with E-state index in [4.69, 9.17) is 4.74 Å². The molecule has 5 heteroatoms. The molecule has 0 aliphatic carbocycles. The van der Waals surface area contributed by atoms with E-state index in [1.165, 1.54) is 12.3 Å². The van der Waals surface area contributed by atoms with Crippen molar-refractivity contribution in [3.8, 4) is 0 Å². The van der Waals surface area contributed by atoms with Gasteiger partial charge in [0.1, 0.15) is 11.6 Å². The van der Waals surface area contributed by atoms with E-state index in [9.17, 15) is 9.50 Å². The van der Waals surface area contributed by atoms with Crippen molar-refractivity contribution in [1.82, 2.24) is 4.98 Å². The van der Waals surface area contributed by atoms with Gasteiger partial charge in [0.25, 0.3) is 0 Å². The molecule has 0 radical (unpaired) electrons. The number of aliphatic hydroxyl groups excluding tert-OH is 1. The van der Waals surface area contributed by atoms with Crippen molar-refractivity contribution in [3.05, 3.63) is 24.1 Å². The van der Waals surface area contributed by atoms with E-state index in [1.54, 1.807) is 6.07 Å². The Morgan fingerprint density at radius 2 is 2.26 bits per heavy atom. The number of nitrogens with zero attached hydrogens (tertiary/aromatic N) is 2. The number of hydrogen-bond acceptors (Lipinski definition) is 4. The fraction of sp³-hybridized carbons (Fsp3) is 0.643.